The maximum absolute atomic E-state index is 13.3. The van der Waals surface area contributed by atoms with Crippen LogP contribution in [0.25, 0.3) is 22.8 Å². The molecule has 334 valence electrons. The molecule has 14 nitrogen and oxygen atoms in total. The molecule has 0 unspecified atom stereocenters. The number of carbonyl (C=O) groups excluding carboxylic acids is 4. The summed E-state index contributed by atoms with van der Waals surface area (Å²) in [5.74, 6) is 0.553. The first-order chi connectivity index (χ1) is 28.8. The highest BCUT2D eigenvalue weighted by atomic mass is 127. The summed E-state index contributed by atoms with van der Waals surface area (Å²) in [4.78, 5) is 64.8. The Labute approximate surface area is 377 Å². The number of halogens is 1. The van der Waals surface area contributed by atoms with Gasteiger partial charge < -0.3 is 41.8 Å². The number of hydrogen-bond donors (Lipinski definition) is 4. The summed E-state index contributed by atoms with van der Waals surface area (Å²) < 4.78 is 5.06. The number of rotatable bonds is 8. The Balaban J connectivity index is 0.000000301. The number of amides is 4. The van der Waals surface area contributed by atoms with E-state index in [0.717, 1.165) is 64.8 Å². The van der Waals surface area contributed by atoms with Gasteiger partial charge in [0, 0.05) is 44.9 Å². The van der Waals surface area contributed by atoms with Gasteiger partial charge in [-0.25, -0.2) is 9.97 Å². The smallest absolute Gasteiger partial charge is 0.272 e. The molecule has 4 heterocycles. The molecule has 0 bridgehead atoms. The number of likely N-dealkylation sites (N-methyl/N-ethyl adjacent to an activating group) is 4. The predicted molar refractivity (Wildman–Crippen MR) is 253 cm³/mol. The van der Waals surface area contributed by atoms with Gasteiger partial charge in [0.2, 0.25) is 11.8 Å². The van der Waals surface area contributed by atoms with E-state index in [-0.39, 0.29) is 23.6 Å². The minimum Gasteiger partial charge on any atom is -0.357 e. The molecular formula is C46H69IN10O4. The fourth-order valence-electron chi connectivity index (χ4n) is 7.25. The van der Waals surface area contributed by atoms with Crippen LogP contribution >= 0.6 is 22.6 Å². The van der Waals surface area contributed by atoms with E-state index in [1.54, 1.807) is 21.0 Å². The number of benzene rings is 2. The highest BCUT2D eigenvalue weighted by Gasteiger charge is 2.38. The van der Waals surface area contributed by atoms with Crippen LogP contribution in [0.3, 0.4) is 0 Å². The van der Waals surface area contributed by atoms with Crippen molar-refractivity contribution in [1.82, 2.24) is 45.3 Å². The Morgan fingerprint density at radius 1 is 0.672 bits per heavy atom. The zero-order valence-electron chi connectivity index (χ0n) is 38.6. The van der Waals surface area contributed by atoms with Crippen molar-refractivity contribution in [3.05, 3.63) is 90.4 Å². The largest absolute Gasteiger partial charge is 0.357 e. The van der Waals surface area contributed by atoms with Gasteiger partial charge >= 0.3 is 0 Å². The number of nitrogens with one attached hydrogen (secondary N) is 4. The van der Waals surface area contributed by atoms with Gasteiger partial charge in [-0.1, -0.05) is 125 Å². The Kier molecular flexibility index (Phi) is 18.3. The fraction of sp³-hybridized carbons (Fsp3) is 0.500. The van der Waals surface area contributed by atoms with Gasteiger partial charge in [-0.3, -0.25) is 24.1 Å². The lowest BCUT2D eigenvalue weighted by atomic mass is 9.86. The number of carbonyl (C=O) groups is 4. The minimum absolute atomic E-state index is 0.210. The van der Waals surface area contributed by atoms with Crippen LogP contribution in [-0.2, 0) is 35.8 Å². The van der Waals surface area contributed by atoms with Gasteiger partial charge in [-0.2, -0.15) is 6.92 Å². The first-order valence-corrected chi connectivity index (χ1v) is 22.8. The van der Waals surface area contributed by atoms with E-state index < -0.39 is 22.9 Å². The van der Waals surface area contributed by atoms with E-state index in [9.17, 15) is 19.2 Å². The second kappa shape index (κ2) is 22.0. The number of nitrogens with zero attached hydrogens (tertiary/aromatic N) is 6. The normalized spacial score (nSPS) is 15.3. The van der Waals surface area contributed by atoms with Crippen molar-refractivity contribution >= 4 is 46.2 Å². The molecule has 4 aromatic rings. The Morgan fingerprint density at radius 3 is 1.46 bits per heavy atom. The van der Waals surface area contributed by atoms with Crippen molar-refractivity contribution in [3.63, 3.8) is 0 Å². The Bertz CT molecular complexity index is 2080. The summed E-state index contributed by atoms with van der Waals surface area (Å²) in [6, 6.07) is 18.5. The number of hydrogen-bond acceptors (Lipinski definition) is 7. The quantitative estimate of drug-likeness (QED) is 0.0753. The number of aromatic nitrogens is 4. The highest BCUT2D eigenvalue weighted by Crippen LogP contribution is 2.30. The van der Waals surface area contributed by atoms with Gasteiger partial charge in [-0.05, 0) is 22.8 Å². The molecule has 2 aliphatic heterocycles. The molecule has 6 rings (SSSR count). The van der Waals surface area contributed by atoms with Gasteiger partial charge in [0.15, 0.2) is 11.4 Å². The molecule has 0 fully saturated rings. The molecular weight excluding hydrogens is 883 g/mol. The molecule has 2 aromatic heterocycles. The molecule has 4 N–H and O–H groups in total. The van der Waals surface area contributed by atoms with Gasteiger partial charge in [-0.15, -0.1) is 0 Å². The molecule has 2 atom stereocenters. The van der Waals surface area contributed by atoms with Crippen LogP contribution in [0, 0.1) is 17.8 Å². The van der Waals surface area contributed by atoms with Crippen LogP contribution in [0.2, 0.25) is 0 Å². The second-order valence-electron chi connectivity index (χ2n) is 17.8. The standard InChI is InChI=1S/C22H31N5O2.C21H29N5O2.C2H5.CH3I/c1-22(2,3)18(21(29)23-4)25-20(28)17-16-14-27(5,6)13-12-26(16)19(24-17)15-10-8-7-9-11-15;1-21(2,3)17(20(28)22-4)24-19(27)16-15-13-25(5)11-12-26(15)18(23-16)14-9-7-6-8-10-14;2*1-2/h7-11,18H,12-14H2,1-6H3,(H-,23,25,28,29);6-10,17H,11-13H2,1-5H3,(H,22,28)(H,24,27);1H2,2H3;1H3/q;;-1;/p+1/t18-;17-;;/m11../s1. The average molecular weight is 953 g/mol. The molecule has 0 spiro atoms. The first-order valence-electron chi connectivity index (χ1n) is 20.7. The van der Waals surface area contributed by atoms with Crippen LogP contribution in [0.4, 0.5) is 0 Å². The SMILES string of the molecule is CI.CNC(=O)[C@@H](NC(=O)c1nc(-c2ccccc2)n2c1CN(C)CC2)C(C)(C)C.CNC(=O)[C@@H](NC(=O)c1nc(-c2ccccc2)n2c1C[N+](C)(C)CC2)C(C)(C)C.[CH2-]C. The van der Waals surface area contributed by atoms with Crippen LogP contribution in [0.1, 0.15) is 80.8 Å². The third kappa shape index (κ3) is 12.7. The number of fused-ring (bicyclic) bond motifs is 2. The first kappa shape index (κ1) is 50.7. The van der Waals surface area contributed by atoms with Crippen LogP contribution in [-0.4, -0.2) is 117 Å². The third-order valence-electron chi connectivity index (χ3n) is 10.6. The molecule has 4 amide bonds. The lowest BCUT2D eigenvalue weighted by Gasteiger charge is -2.35. The lowest BCUT2D eigenvalue weighted by Crippen LogP contribution is -2.53. The van der Waals surface area contributed by atoms with Crippen molar-refractivity contribution in [2.45, 2.75) is 86.7 Å². The molecule has 0 saturated carbocycles. The molecule has 61 heavy (non-hydrogen) atoms. The van der Waals surface area contributed by atoms with Crippen molar-refractivity contribution in [2.75, 3.05) is 53.3 Å². The van der Waals surface area contributed by atoms with E-state index in [1.165, 1.54) is 0 Å². The highest BCUT2D eigenvalue weighted by molar-refractivity contribution is 14.1. The van der Waals surface area contributed by atoms with Crippen molar-refractivity contribution in [3.8, 4) is 22.8 Å². The zero-order valence-corrected chi connectivity index (χ0v) is 40.7. The number of quaternary nitrogens is 1. The maximum atomic E-state index is 13.3. The zero-order chi connectivity index (χ0) is 45.9. The van der Waals surface area contributed by atoms with Crippen LogP contribution < -0.4 is 21.3 Å². The molecule has 0 saturated heterocycles. The van der Waals surface area contributed by atoms with E-state index in [1.807, 2.05) is 114 Å². The molecule has 2 aliphatic rings. The van der Waals surface area contributed by atoms with Gasteiger partial charge in [0.05, 0.1) is 32.9 Å². The van der Waals surface area contributed by atoms with Crippen molar-refractivity contribution < 1.29 is 23.7 Å². The summed E-state index contributed by atoms with van der Waals surface area (Å²) in [6.45, 7) is 21.4. The summed E-state index contributed by atoms with van der Waals surface area (Å²) in [5, 5.41) is 11.1. The number of imidazole rings is 2. The van der Waals surface area contributed by atoms with Crippen molar-refractivity contribution in [1.29, 1.82) is 0 Å². The summed E-state index contributed by atoms with van der Waals surface area (Å²) >= 11 is 2.15. The van der Waals surface area contributed by atoms with Crippen LogP contribution in [0.5, 0.6) is 0 Å². The van der Waals surface area contributed by atoms with E-state index in [4.69, 9.17) is 9.97 Å². The molecule has 0 aliphatic carbocycles. The van der Waals surface area contributed by atoms with E-state index in [2.05, 4.69) is 78.9 Å². The number of alkyl halides is 1. The fourth-order valence-corrected chi connectivity index (χ4v) is 7.25. The molecule has 0 radical (unpaired) electrons. The Morgan fingerprint density at radius 2 is 1.07 bits per heavy atom. The molecule has 15 heteroatoms. The van der Waals surface area contributed by atoms with E-state index >= 15 is 0 Å². The monoisotopic (exact) mass is 952 g/mol. The summed E-state index contributed by atoms with van der Waals surface area (Å²) in [5.41, 5.74) is 3.72. The second-order valence-corrected chi connectivity index (χ2v) is 17.8. The Hall–Kier alpha value is -4.61. The summed E-state index contributed by atoms with van der Waals surface area (Å²) in [7, 11) is 9.50. The molecule has 2 aromatic carbocycles. The topological polar surface area (TPSA) is 155 Å². The van der Waals surface area contributed by atoms with E-state index in [0.29, 0.717) is 24.5 Å². The average Bonchev–Trinajstić information content (AvgIpc) is 3.80. The van der Waals surface area contributed by atoms with Gasteiger partial charge in [0.1, 0.15) is 36.0 Å². The minimum atomic E-state index is -0.649. The van der Waals surface area contributed by atoms with Crippen molar-refractivity contribution in [2.24, 2.45) is 10.8 Å². The maximum Gasteiger partial charge on any atom is 0.272 e. The summed E-state index contributed by atoms with van der Waals surface area (Å²) in [6.07, 6.45) is 0. The van der Waals surface area contributed by atoms with Gasteiger partial charge in [0.25, 0.3) is 11.8 Å². The lowest BCUT2D eigenvalue weighted by molar-refractivity contribution is -0.907. The third-order valence-corrected chi connectivity index (χ3v) is 10.6. The predicted octanol–water partition coefficient (Wildman–Crippen LogP) is 5.81. The van der Waals surface area contributed by atoms with Crippen LogP contribution in [0.15, 0.2) is 60.7 Å².